The van der Waals surface area contributed by atoms with Crippen molar-refractivity contribution >= 4 is 6.08 Å². The van der Waals surface area contributed by atoms with Crippen LogP contribution in [0.2, 0.25) is 0 Å². The van der Waals surface area contributed by atoms with E-state index < -0.39 is 6.10 Å². The Balaban J connectivity index is 2.27. The summed E-state index contributed by atoms with van der Waals surface area (Å²) in [4.78, 5) is 0. The van der Waals surface area contributed by atoms with Gasteiger partial charge in [0.25, 0.3) is 0 Å². The number of aliphatic hydroxyl groups is 1. The Bertz CT molecular complexity index is 576. The summed E-state index contributed by atoms with van der Waals surface area (Å²) in [6, 6.07) is 19.9. The molecule has 2 rings (SSSR count). The quantitative estimate of drug-likeness (QED) is 0.823. The number of benzene rings is 2. The summed E-state index contributed by atoms with van der Waals surface area (Å²) in [5.74, 6) is 2.39. The summed E-state index contributed by atoms with van der Waals surface area (Å²) < 4.78 is 0. The summed E-state index contributed by atoms with van der Waals surface area (Å²) in [5.41, 5.74) is 3.02. The molecule has 1 nitrogen and oxygen atoms in total. The lowest BCUT2D eigenvalue weighted by Crippen LogP contribution is -2.09. The van der Waals surface area contributed by atoms with Crippen LogP contribution in [0.1, 0.15) is 11.1 Å². The van der Waals surface area contributed by atoms with Gasteiger partial charge in [-0.25, -0.2) is 0 Å². The van der Waals surface area contributed by atoms with E-state index in [1.807, 2.05) is 66.7 Å². The molecule has 0 saturated carbocycles. The predicted octanol–water partition coefficient (Wildman–Crippen LogP) is 3.31. The number of rotatable bonds is 4. The lowest BCUT2D eigenvalue weighted by atomic mass is 9.98. The molecule has 0 fully saturated rings. The van der Waals surface area contributed by atoms with Gasteiger partial charge in [-0.05, 0) is 23.1 Å². The summed E-state index contributed by atoms with van der Waals surface area (Å²) >= 11 is 0. The molecule has 1 atom stereocenters. The zero-order valence-electron chi connectivity index (χ0n) is 10.7. The number of terminal acetylenes is 1. The molecule has 1 heteroatoms. The number of aliphatic hydroxyl groups excluding tert-OH is 1. The van der Waals surface area contributed by atoms with E-state index in [0.717, 1.165) is 16.7 Å². The Morgan fingerprint density at radius 3 is 2.21 bits per heavy atom. The minimum Gasteiger partial charge on any atom is -0.376 e. The molecule has 94 valence electrons. The van der Waals surface area contributed by atoms with Crippen LogP contribution in [0, 0.1) is 12.3 Å². The van der Waals surface area contributed by atoms with Crippen LogP contribution in [-0.4, -0.2) is 11.2 Å². The smallest absolute Gasteiger partial charge is 0.136 e. The van der Waals surface area contributed by atoms with E-state index >= 15 is 0 Å². The van der Waals surface area contributed by atoms with Gasteiger partial charge in [0.05, 0.1) is 0 Å². The molecule has 0 spiro atoms. The number of hydrogen-bond acceptors (Lipinski definition) is 1. The minimum atomic E-state index is -0.847. The van der Waals surface area contributed by atoms with Gasteiger partial charge < -0.3 is 5.11 Å². The normalized spacial score (nSPS) is 12.7. The third kappa shape index (κ3) is 3.84. The maximum atomic E-state index is 9.94. The Morgan fingerprint density at radius 2 is 1.63 bits per heavy atom. The fourth-order valence-corrected chi connectivity index (χ4v) is 1.93. The van der Waals surface area contributed by atoms with Crippen molar-refractivity contribution in [3.63, 3.8) is 0 Å². The lowest BCUT2D eigenvalue weighted by molar-refractivity contribution is 0.267. The van der Waals surface area contributed by atoms with Crippen molar-refractivity contribution in [2.24, 2.45) is 0 Å². The van der Waals surface area contributed by atoms with Crippen molar-refractivity contribution in [1.82, 2.24) is 0 Å². The van der Waals surface area contributed by atoms with E-state index in [9.17, 15) is 5.11 Å². The van der Waals surface area contributed by atoms with Gasteiger partial charge in [0.1, 0.15) is 6.10 Å². The van der Waals surface area contributed by atoms with Crippen LogP contribution in [0.15, 0.2) is 66.2 Å². The summed E-state index contributed by atoms with van der Waals surface area (Å²) in [7, 11) is 0. The van der Waals surface area contributed by atoms with E-state index in [-0.39, 0.29) is 0 Å². The molecule has 0 radical (unpaired) electrons. The van der Waals surface area contributed by atoms with Crippen LogP contribution < -0.4 is 0 Å². The molecule has 0 bridgehead atoms. The van der Waals surface area contributed by atoms with Gasteiger partial charge in [0.2, 0.25) is 0 Å². The van der Waals surface area contributed by atoms with Gasteiger partial charge in [-0.1, -0.05) is 72.7 Å². The summed E-state index contributed by atoms with van der Waals surface area (Å²) in [5, 5.41) is 9.94. The monoisotopic (exact) mass is 248 g/mol. The van der Waals surface area contributed by atoms with Gasteiger partial charge >= 0.3 is 0 Å². The fourth-order valence-electron chi connectivity index (χ4n) is 1.93. The number of hydrogen-bond donors (Lipinski definition) is 1. The van der Waals surface area contributed by atoms with Gasteiger partial charge in [-0.15, -0.1) is 6.42 Å². The second-order valence-corrected chi connectivity index (χ2v) is 4.36. The SMILES string of the molecule is C#CC(O)C(=Cc1ccccc1)Cc1ccccc1. The van der Waals surface area contributed by atoms with Crippen molar-refractivity contribution in [2.75, 3.05) is 0 Å². The Labute approximate surface area is 114 Å². The highest BCUT2D eigenvalue weighted by molar-refractivity contribution is 5.55. The summed E-state index contributed by atoms with van der Waals surface area (Å²) in [6.45, 7) is 0. The highest BCUT2D eigenvalue weighted by Gasteiger charge is 2.08. The average molecular weight is 248 g/mol. The molecular weight excluding hydrogens is 232 g/mol. The van der Waals surface area contributed by atoms with Gasteiger partial charge in [0.15, 0.2) is 0 Å². The van der Waals surface area contributed by atoms with Crippen LogP contribution >= 0.6 is 0 Å². The first-order valence-corrected chi connectivity index (χ1v) is 6.23. The van der Waals surface area contributed by atoms with Crippen LogP contribution in [-0.2, 0) is 6.42 Å². The van der Waals surface area contributed by atoms with E-state index in [4.69, 9.17) is 6.42 Å². The average Bonchev–Trinajstić information content (AvgIpc) is 2.48. The Hall–Kier alpha value is -2.30. The minimum absolute atomic E-state index is 0.654. The third-order valence-corrected chi connectivity index (χ3v) is 2.91. The molecule has 0 aliphatic carbocycles. The zero-order chi connectivity index (χ0) is 13.5. The first kappa shape index (κ1) is 13.1. The maximum absolute atomic E-state index is 9.94. The molecule has 0 aliphatic rings. The molecule has 2 aromatic carbocycles. The topological polar surface area (TPSA) is 20.2 Å². The Kier molecular flexibility index (Phi) is 4.55. The molecular formula is C18H16O. The standard InChI is InChI=1S/C18H16O/c1-2-18(19)17(13-15-9-5-3-6-10-15)14-16-11-7-4-8-12-16/h1,3-13,18-19H,14H2. The van der Waals surface area contributed by atoms with Crippen molar-refractivity contribution in [3.8, 4) is 12.3 Å². The lowest BCUT2D eigenvalue weighted by Gasteiger charge is -2.10. The zero-order valence-corrected chi connectivity index (χ0v) is 10.7. The van der Waals surface area contributed by atoms with Crippen LogP contribution in [0.5, 0.6) is 0 Å². The largest absolute Gasteiger partial charge is 0.376 e. The molecule has 0 amide bonds. The van der Waals surface area contributed by atoms with E-state index in [0.29, 0.717) is 6.42 Å². The first-order chi connectivity index (χ1) is 9.29. The van der Waals surface area contributed by atoms with Gasteiger partial charge in [-0.3, -0.25) is 0 Å². The molecule has 0 aliphatic heterocycles. The van der Waals surface area contributed by atoms with Crippen LogP contribution in [0.3, 0.4) is 0 Å². The molecule has 1 unspecified atom stereocenters. The second kappa shape index (κ2) is 6.58. The highest BCUT2D eigenvalue weighted by atomic mass is 16.3. The maximum Gasteiger partial charge on any atom is 0.136 e. The first-order valence-electron chi connectivity index (χ1n) is 6.23. The highest BCUT2D eigenvalue weighted by Crippen LogP contribution is 2.15. The van der Waals surface area contributed by atoms with E-state index in [2.05, 4.69) is 5.92 Å². The molecule has 0 aromatic heterocycles. The Morgan fingerprint density at radius 1 is 1.05 bits per heavy atom. The van der Waals surface area contributed by atoms with Crippen molar-refractivity contribution in [2.45, 2.75) is 12.5 Å². The van der Waals surface area contributed by atoms with Crippen molar-refractivity contribution in [1.29, 1.82) is 0 Å². The van der Waals surface area contributed by atoms with Gasteiger partial charge in [-0.2, -0.15) is 0 Å². The molecule has 19 heavy (non-hydrogen) atoms. The van der Waals surface area contributed by atoms with E-state index in [1.54, 1.807) is 0 Å². The van der Waals surface area contributed by atoms with Crippen LogP contribution in [0.4, 0.5) is 0 Å². The molecule has 1 N–H and O–H groups in total. The third-order valence-electron chi connectivity index (χ3n) is 2.91. The van der Waals surface area contributed by atoms with Crippen molar-refractivity contribution in [3.05, 3.63) is 77.4 Å². The molecule has 2 aromatic rings. The summed E-state index contributed by atoms with van der Waals surface area (Å²) in [6.07, 6.45) is 7.10. The predicted molar refractivity (Wildman–Crippen MR) is 79.4 cm³/mol. The van der Waals surface area contributed by atoms with Gasteiger partial charge in [0, 0.05) is 0 Å². The van der Waals surface area contributed by atoms with Crippen molar-refractivity contribution < 1.29 is 5.11 Å². The van der Waals surface area contributed by atoms with Crippen LogP contribution in [0.25, 0.3) is 6.08 Å². The fraction of sp³-hybridized carbons (Fsp3) is 0.111. The molecule has 0 saturated heterocycles. The second-order valence-electron chi connectivity index (χ2n) is 4.36. The van der Waals surface area contributed by atoms with E-state index in [1.165, 1.54) is 0 Å². The molecule has 0 heterocycles.